The fourth-order valence-electron chi connectivity index (χ4n) is 13.5. The predicted molar refractivity (Wildman–Crippen MR) is 451 cm³/mol. The third-order valence-corrected chi connectivity index (χ3v) is 20.8. The zero-order chi connectivity index (χ0) is 88.4. The van der Waals surface area contributed by atoms with Gasteiger partial charge in [-0.3, -0.25) is 0 Å². The standard InChI is InChI=1S/C32H26F5N3O4.C31H29FN5O5.C28H24ClFN4O4S/c1-42-11-10-40-28-14-19(32(41)43-2)8-9-27(28)38-29(40)15-21-13-25(35)22(16-24(21)34)26-4-3-5-30(39-26)44-17-20-7-6-18(31(36)37)12-23(20)33;1-36(39)30-23(6-5-13-33-30)19-42-29-8-4-7-25(35-29)21-10-9-20(24(32)16-21)18-28-34-26-12-11-22(31(38)41-3)17-27(26)37(28)14-15-40-2;1-36-11-10-34-23-13-19(28(35)37-2)8-9-22(23)32-25(34)14-17-6-7-18(12-20(17)30)21-4-3-5-26(33-21)38-16-27-31-15-24(29)39-27/h3-9,12-14,16,31H,10-11,15,17H2,1-2H3;4-13,16-17H,14-15,18-19H2,1-3H3;3-9,12-13,15H,10-11,14,16H2,1-2H3/q;+1;. The molecule has 15 rings (SSSR count). The Morgan fingerprint density at radius 3 is 1.28 bits per heavy atom. The first kappa shape index (κ1) is 89.0. The number of carbonyl (C=O) groups excluding carboxylic acids is 3. The molecule has 0 aliphatic rings. The molecule has 125 heavy (non-hydrogen) atoms. The fraction of sp³-hybridized carbons (Fsp3) is 0.220. The van der Waals surface area contributed by atoms with E-state index in [0.717, 1.165) is 40.3 Å². The van der Waals surface area contributed by atoms with Crippen LogP contribution in [-0.4, -0.2) is 146 Å². The van der Waals surface area contributed by atoms with Crippen molar-refractivity contribution in [2.45, 2.75) is 65.1 Å². The van der Waals surface area contributed by atoms with Crippen molar-refractivity contribution in [3.8, 4) is 51.4 Å². The number of halogens is 8. The van der Waals surface area contributed by atoms with Crippen molar-refractivity contribution in [1.29, 1.82) is 0 Å². The molecule has 0 atom stereocenters. The molecule has 7 aromatic carbocycles. The van der Waals surface area contributed by atoms with Crippen LogP contribution in [0.5, 0.6) is 17.6 Å². The molecule has 34 heteroatoms. The Morgan fingerprint density at radius 1 is 0.432 bits per heavy atom. The van der Waals surface area contributed by atoms with Crippen molar-refractivity contribution in [2.24, 2.45) is 0 Å². The number of nitrogens with zero attached hydrogens (tertiary/aromatic N) is 12. The Labute approximate surface area is 719 Å². The maximum absolute atomic E-state index is 15.4. The topological polar surface area (TPSA) is 272 Å². The van der Waals surface area contributed by atoms with E-state index in [1.54, 1.807) is 153 Å². The van der Waals surface area contributed by atoms with Crippen molar-refractivity contribution >= 4 is 79.8 Å². The summed E-state index contributed by atoms with van der Waals surface area (Å²) >= 11 is 7.26. The number of benzene rings is 7. The molecule has 642 valence electrons. The van der Waals surface area contributed by atoms with Crippen molar-refractivity contribution < 1.29 is 92.5 Å². The predicted octanol–water partition coefficient (Wildman–Crippen LogP) is 18.3. The first-order chi connectivity index (χ1) is 60.5. The summed E-state index contributed by atoms with van der Waals surface area (Å²) in [5.74, 6) is -1.73. The van der Waals surface area contributed by atoms with Crippen LogP contribution in [0.25, 0.3) is 66.9 Å². The van der Waals surface area contributed by atoms with E-state index in [4.69, 9.17) is 64.2 Å². The quantitative estimate of drug-likeness (QED) is 0.0164. The molecule has 0 unspecified atom stereocenters. The second kappa shape index (κ2) is 41.4. The molecule has 0 saturated carbocycles. The number of methoxy groups -OCH3 is 6. The summed E-state index contributed by atoms with van der Waals surface area (Å²) in [7, 11) is 10.1. The minimum Gasteiger partial charge on any atom is -0.473 e. The summed E-state index contributed by atoms with van der Waals surface area (Å²) in [6.45, 7) is 2.53. The van der Waals surface area contributed by atoms with Gasteiger partial charge in [-0.2, -0.15) is 0 Å². The second-order valence-corrected chi connectivity index (χ2v) is 29.6. The van der Waals surface area contributed by atoms with Crippen LogP contribution >= 0.6 is 22.9 Å². The van der Waals surface area contributed by atoms with Crippen LogP contribution in [0.4, 0.5) is 36.6 Å². The van der Waals surface area contributed by atoms with Crippen molar-refractivity contribution in [1.82, 2.24) is 53.6 Å². The number of imidazole rings is 3. The van der Waals surface area contributed by atoms with Gasteiger partial charge in [-0.1, -0.05) is 71.1 Å². The SMILES string of the molecule is COCCn1c(Cc2cc(F)c(-c3cccc(OCc4ccc(C(F)F)cc4F)n3)cc2F)nc2ccc(C(=O)OC)cc21.COCCn1c(Cc2ccc(-c3cccc(OCc4cccnc4[N+](C)=O)n3)cc2F)nc2ccc(C(=O)OC)cc21.COCCn1c(Cc2ccc(-c3cccc(OCc4ncc(Cl)s4)n3)cc2F)nc2ccc(C(=O)OC)cc21. The molecule has 25 nitrogen and oxygen atoms in total. The molecular weight excluding hydrogens is 1670 g/mol. The van der Waals surface area contributed by atoms with Crippen LogP contribution in [0.2, 0.25) is 4.34 Å². The van der Waals surface area contributed by atoms with Gasteiger partial charge in [-0.05, 0) is 142 Å². The van der Waals surface area contributed by atoms with Crippen LogP contribution in [-0.2, 0) is 87.1 Å². The molecule has 15 aromatic rings. The number of ether oxygens (including phenoxy) is 9. The van der Waals surface area contributed by atoms with Crippen LogP contribution < -0.4 is 14.2 Å². The van der Waals surface area contributed by atoms with Crippen molar-refractivity contribution in [2.75, 3.05) is 69.5 Å². The van der Waals surface area contributed by atoms with Crippen LogP contribution in [0.15, 0.2) is 200 Å². The third-order valence-electron chi connectivity index (χ3n) is 19.7. The summed E-state index contributed by atoms with van der Waals surface area (Å²) in [5, 5.41) is 0.737. The number of hydrogen-bond acceptors (Lipinski definition) is 22. The number of aromatic nitrogens is 11. The average Bonchev–Trinajstić information content (AvgIpc) is 1.57. The lowest BCUT2D eigenvalue weighted by Crippen LogP contribution is -2.10. The van der Waals surface area contributed by atoms with E-state index in [2.05, 4.69) is 29.9 Å². The normalized spacial score (nSPS) is 11.2. The Kier molecular flexibility index (Phi) is 29.5. The van der Waals surface area contributed by atoms with E-state index < -0.39 is 53.2 Å². The van der Waals surface area contributed by atoms with Crippen molar-refractivity contribution in [3.63, 3.8) is 0 Å². The number of alkyl halides is 2. The molecule has 0 aliphatic carbocycles. The minimum atomic E-state index is -2.81. The minimum absolute atomic E-state index is 0.00176. The van der Waals surface area contributed by atoms with E-state index in [0.29, 0.717) is 156 Å². The van der Waals surface area contributed by atoms with E-state index in [9.17, 15) is 32.5 Å². The lowest BCUT2D eigenvalue weighted by atomic mass is 10.0. The highest BCUT2D eigenvalue weighted by molar-refractivity contribution is 7.15. The van der Waals surface area contributed by atoms with Gasteiger partial charge in [0.1, 0.15) is 89.0 Å². The highest BCUT2D eigenvalue weighted by Crippen LogP contribution is 2.34. The molecule has 0 amide bonds. The smallest absolute Gasteiger partial charge is 0.367 e. The Morgan fingerprint density at radius 2 is 0.856 bits per heavy atom. The van der Waals surface area contributed by atoms with Crippen molar-refractivity contribution in [3.05, 3.63) is 311 Å². The summed E-state index contributed by atoms with van der Waals surface area (Å²) < 4.78 is 156. The molecule has 0 saturated heterocycles. The lowest BCUT2D eigenvalue weighted by Gasteiger charge is -2.12. The van der Waals surface area contributed by atoms with E-state index in [-0.39, 0.29) is 79.0 Å². The third kappa shape index (κ3) is 21.8. The highest BCUT2D eigenvalue weighted by Gasteiger charge is 2.25. The first-order valence-corrected chi connectivity index (χ1v) is 39.8. The highest BCUT2D eigenvalue weighted by atomic mass is 35.5. The van der Waals surface area contributed by atoms with Gasteiger partial charge in [0.15, 0.2) is 0 Å². The summed E-state index contributed by atoms with van der Waals surface area (Å²) in [5.41, 5.74) is 8.64. The Bertz CT molecular complexity index is 6450. The Balaban J connectivity index is 0.000000161. The van der Waals surface area contributed by atoms with E-state index in [1.807, 2.05) is 15.2 Å². The Hall–Kier alpha value is -13.7. The summed E-state index contributed by atoms with van der Waals surface area (Å²) in [6, 6.07) is 48.7. The molecule has 0 N–H and O–H groups in total. The summed E-state index contributed by atoms with van der Waals surface area (Å²) in [4.78, 5) is 83.5. The van der Waals surface area contributed by atoms with Gasteiger partial charge in [0.25, 0.3) is 6.43 Å². The van der Waals surface area contributed by atoms with Gasteiger partial charge in [-0.25, -0.2) is 80.0 Å². The maximum atomic E-state index is 15.4. The molecule has 0 radical (unpaired) electrons. The number of carbonyl (C=O) groups is 3. The maximum Gasteiger partial charge on any atom is 0.367 e. The zero-order valence-electron chi connectivity index (χ0n) is 68.2. The van der Waals surface area contributed by atoms with Gasteiger partial charge in [0.05, 0.1) is 120 Å². The fourth-order valence-corrected chi connectivity index (χ4v) is 14.3. The van der Waals surface area contributed by atoms with E-state index in [1.165, 1.54) is 83.2 Å². The molecular formula is C91H79ClF7N12O13S+. The number of pyridine rings is 4. The van der Waals surface area contributed by atoms with Gasteiger partial charge in [0, 0.05) is 106 Å². The van der Waals surface area contributed by atoms with Crippen LogP contribution in [0, 0.1) is 34.0 Å². The molecule has 0 aliphatic heterocycles. The molecule has 0 bridgehead atoms. The molecule has 0 fully saturated rings. The second-order valence-electron chi connectivity index (χ2n) is 27.8. The average molecular weight is 1750 g/mol. The number of hydrogen-bond donors (Lipinski definition) is 0. The molecule has 8 aromatic heterocycles. The van der Waals surface area contributed by atoms with Gasteiger partial charge in [0.2, 0.25) is 17.6 Å². The number of thiazole rings is 1. The molecule has 8 heterocycles. The number of fused-ring (bicyclic) bond motifs is 3. The van der Waals surface area contributed by atoms with Gasteiger partial charge >= 0.3 is 23.7 Å². The van der Waals surface area contributed by atoms with Crippen LogP contribution in [0.1, 0.15) is 93.4 Å². The number of esters is 3. The summed E-state index contributed by atoms with van der Waals surface area (Å²) in [6.07, 6.45) is 0.743. The molecule has 0 spiro atoms. The number of rotatable bonds is 32. The lowest BCUT2D eigenvalue weighted by molar-refractivity contribution is -0.433. The largest absolute Gasteiger partial charge is 0.473 e. The van der Waals surface area contributed by atoms with Gasteiger partial charge < -0.3 is 56.3 Å². The number of nitroso groups, excluding NO2 is 1. The monoisotopic (exact) mass is 1750 g/mol. The zero-order valence-corrected chi connectivity index (χ0v) is 69.8. The van der Waals surface area contributed by atoms with Crippen LogP contribution in [0.3, 0.4) is 0 Å². The van der Waals surface area contributed by atoms with Gasteiger partial charge in [-0.15, -0.1) is 11.3 Å². The van der Waals surface area contributed by atoms with E-state index >= 15 is 17.6 Å². The first-order valence-electron chi connectivity index (χ1n) is 38.6.